The summed E-state index contributed by atoms with van der Waals surface area (Å²) in [5, 5.41) is 0. The predicted molar refractivity (Wildman–Crippen MR) is 144 cm³/mol. The van der Waals surface area contributed by atoms with Crippen molar-refractivity contribution in [2.75, 3.05) is 13.1 Å². The molecule has 0 aliphatic carbocycles. The molecule has 0 unspecified atom stereocenters. The van der Waals surface area contributed by atoms with Crippen molar-refractivity contribution in [2.45, 2.75) is 174 Å². The minimum absolute atomic E-state index is 0.971. The number of unbranched alkanes of at least 4 members (excludes halogenated alkanes) is 23. The van der Waals surface area contributed by atoms with Crippen LogP contribution in [0.1, 0.15) is 174 Å². The van der Waals surface area contributed by atoms with Gasteiger partial charge in [-0.05, 0) is 12.8 Å². The SMILES string of the molecule is CCCCCCCCCCCCCCCN(C=O)CCCCCCCCCCCCCC. The first-order chi connectivity index (χ1) is 15.8. The van der Waals surface area contributed by atoms with E-state index in [4.69, 9.17) is 0 Å². The Kier molecular flexibility index (Phi) is 28.0. The highest BCUT2D eigenvalue weighted by atomic mass is 16.1. The van der Waals surface area contributed by atoms with E-state index in [9.17, 15) is 4.79 Å². The van der Waals surface area contributed by atoms with Crippen LogP contribution in [-0.2, 0) is 4.79 Å². The van der Waals surface area contributed by atoms with E-state index in [2.05, 4.69) is 13.8 Å². The van der Waals surface area contributed by atoms with E-state index in [-0.39, 0.29) is 0 Å². The number of hydrogen-bond donors (Lipinski definition) is 0. The van der Waals surface area contributed by atoms with Gasteiger partial charge in [0, 0.05) is 13.1 Å². The molecule has 0 heterocycles. The fraction of sp³-hybridized carbons (Fsp3) is 0.967. The average molecular weight is 452 g/mol. The summed E-state index contributed by atoms with van der Waals surface area (Å²) >= 11 is 0. The van der Waals surface area contributed by atoms with Crippen molar-refractivity contribution in [3.8, 4) is 0 Å². The van der Waals surface area contributed by atoms with E-state index < -0.39 is 0 Å². The first-order valence-electron chi connectivity index (χ1n) is 15.0. The van der Waals surface area contributed by atoms with Gasteiger partial charge in [-0.1, -0.05) is 162 Å². The van der Waals surface area contributed by atoms with Crippen LogP contribution in [0.15, 0.2) is 0 Å². The zero-order valence-corrected chi connectivity index (χ0v) is 22.5. The van der Waals surface area contributed by atoms with Crippen LogP contribution in [0.25, 0.3) is 0 Å². The van der Waals surface area contributed by atoms with E-state index in [0.717, 1.165) is 19.5 Å². The highest BCUT2D eigenvalue weighted by Crippen LogP contribution is 2.14. The second-order valence-corrected chi connectivity index (χ2v) is 10.3. The minimum Gasteiger partial charge on any atom is -0.345 e. The summed E-state index contributed by atoms with van der Waals surface area (Å²) in [6, 6.07) is 0. The molecular formula is C30H61NO. The Morgan fingerprint density at radius 1 is 0.375 bits per heavy atom. The van der Waals surface area contributed by atoms with Crippen LogP contribution in [0, 0.1) is 0 Å². The van der Waals surface area contributed by atoms with Crippen molar-refractivity contribution >= 4 is 6.41 Å². The summed E-state index contributed by atoms with van der Waals surface area (Å²) in [4.78, 5) is 13.3. The molecule has 0 aliphatic heterocycles. The Labute approximate surface area is 203 Å². The maximum absolute atomic E-state index is 11.3. The fourth-order valence-electron chi connectivity index (χ4n) is 4.71. The maximum Gasteiger partial charge on any atom is 0.209 e. The molecule has 0 aromatic carbocycles. The zero-order valence-electron chi connectivity index (χ0n) is 22.5. The lowest BCUT2D eigenvalue weighted by Gasteiger charge is -2.17. The Morgan fingerprint density at radius 3 is 0.812 bits per heavy atom. The van der Waals surface area contributed by atoms with Crippen molar-refractivity contribution in [1.29, 1.82) is 0 Å². The smallest absolute Gasteiger partial charge is 0.209 e. The van der Waals surface area contributed by atoms with E-state index in [1.807, 2.05) is 4.90 Å². The lowest BCUT2D eigenvalue weighted by molar-refractivity contribution is -0.118. The van der Waals surface area contributed by atoms with Gasteiger partial charge in [-0.2, -0.15) is 0 Å². The zero-order chi connectivity index (χ0) is 23.4. The molecule has 0 saturated carbocycles. The first-order valence-corrected chi connectivity index (χ1v) is 15.0. The molecule has 2 nitrogen and oxygen atoms in total. The Balaban J connectivity index is 3.27. The lowest BCUT2D eigenvalue weighted by atomic mass is 10.0. The van der Waals surface area contributed by atoms with Gasteiger partial charge in [0.15, 0.2) is 0 Å². The molecule has 0 fully saturated rings. The standard InChI is InChI=1S/C30H61NO/c1-3-5-7-9-11-13-15-17-19-21-23-25-27-29-31(30-32)28-26-24-22-20-18-16-14-12-10-8-6-4-2/h30H,3-29H2,1-2H3. The van der Waals surface area contributed by atoms with Crippen molar-refractivity contribution < 1.29 is 4.79 Å². The minimum atomic E-state index is 0.971. The molecule has 192 valence electrons. The van der Waals surface area contributed by atoms with Gasteiger partial charge in [0.25, 0.3) is 0 Å². The second kappa shape index (κ2) is 28.5. The molecule has 0 spiro atoms. The van der Waals surface area contributed by atoms with Gasteiger partial charge >= 0.3 is 0 Å². The number of carbonyl (C=O) groups excluding carboxylic acids is 1. The molecule has 2 heteroatoms. The number of amides is 1. The fourth-order valence-corrected chi connectivity index (χ4v) is 4.71. The monoisotopic (exact) mass is 451 g/mol. The van der Waals surface area contributed by atoms with Crippen LogP contribution in [0.2, 0.25) is 0 Å². The summed E-state index contributed by atoms with van der Waals surface area (Å²) in [5.74, 6) is 0. The van der Waals surface area contributed by atoms with Crippen LogP contribution in [0.3, 0.4) is 0 Å². The van der Waals surface area contributed by atoms with Crippen molar-refractivity contribution in [3.63, 3.8) is 0 Å². The van der Waals surface area contributed by atoms with Crippen LogP contribution >= 0.6 is 0 Å². The number of hydrogen-bond acceptors (Lipinski definition) is 1. The molecule has 1 amide bonds. The summed E-state index contributed by atoms with van der Waals surface area (Å²) in [6.07, 6.45) is 35.6. The van der Waals surface area contributed by atoms with Crippen LogP contribution < -0.4 is 0 Å². The quantitative estimate of drug-likeness (QED) is 0.0855. The molecule has 0 aromatic heterocycles. The van der Waals surface area contributed by atoms with E-state index >= 15 is 0 Å². The van der Waals surface area contributed by atoms with Gasteiger partial charge in [0.1, 0.15) is 0 Å². The van der Waals surface area contributed by atoms with Crippen molar-refractivity contribution in [3.05, 3.63) is 0 Å². The lowest BCUT2D eigenvalue weighted by Crippen LogP contribution is -2.24. The largest absolute Gasteiger partial charge is 0.345 e. The highest BCUT2D eigenvalue weighted by molar-refractivity contribution is 5.46. The average Bonchev–Trinajstić information content (AvgIpc) is 2.81. The van der Waals surface area contributed by atoms with E-state index in [1.54, 1.807) is 0 Å². The van der Waals surface area contributed by atoms with Gasteiger partial charge < -0.3 is 4.90 Å². The van der Waals surface area contributed by atoms with E-state index in [0.29, 0.717) is 0 Å². The first kappa shape index (κ1) is 31.5. The van der Waals surface area contributed by atoms with Crippen LogP contribution in [0.5, 0.6) is 0 Å². The highest BCUT2D eigenvalue weighted by Gasteiger charge is 2.02. The number of carbonyl (C=O) groups is 1. The molecule has 0 radical (unpaired) electrons. The van der Waals surface area contributed by atoms with Crippen molar-refractivity contribution in [2.24, 2.45) is 0 Å². The van der Waals surface area contributed by atoms with Gasteiger partial charge in [-0.15, -0.1) is 0 Å². The molecule has 0 N–H and O–H groups in total. The molecule has 0 aliphatic rings. The third-order valence-electron chi connectivity index (χ3n) is 7.00. The summed E-state index contributed by atoms with van der Waals surface area (Å²) in [5.41, 5.74) is 0. The Morgan fingerprint density at radius 2 is 0.594 bits per heavy atom. The molecule has 32 heavy (non-hydrogen) atoms. The molecule has 0 bridgehead atoms. The van der Waals surface area contributed by atoms with Crippen LogP contribution in [0.4, 0.5) is 0 Å². The molecule has 0 saturated heterocycles. The second-order valence-electron chi connectivity index (χ2n) is 10.3. The normalized spacial score (nSPS) is 11.2. The van der Waals surface area contributed by atoms with Crippen molar-refractivity contribution in [1.82, 2.24) is 4.90 Å². The molecule has 0 aromatic rings. The topological polar surface area (TPSA) is 20.3 Å². The van der Waals surface area contributed by atoms with Gasteiger partial charge in [-0.25, -0.2) is 0 Å². The molecular weight excluding hydrogens is 390 g/mol. The summed E-state index contributed by atoms with van der Waals surface area (Å²) in [7, 11) is 0. The Bertz CT molecular complexity index is 344. The van der Waals surface area contributed by atoms with Gasteiger partial charge in [0.2, 0.25) is 6.41 Å². The summed E-state index contributed by atoms with van der Waals surface area (Å²) in [6.45, 7) is 6.52. The van der Waals surface area contributed by atoms with Gasteiger partial charge in [-0.3, -0.25) is 4.79 Å². The third kappa shape index (κ3) is 25.7. The molecule has 0 rings (SSSR count). The summed E-state index contributed by atoms with van der Waals surface area (Å²) < 4.78 is 0. The number of nitrogens with zero attached hydrogens (tertiary/aromatic N) is 1. The molecule has 0 atom stereocenters. The van der Waals surface area contributed by atoms with Crippen LogP contribution in [-0.4, -0.2) is 24.4 Å². The van der Waals surface area contributed by atoms with Gasteiger partial charge in [0.05, 0.1) is 0 Å². The maximum atomic E-state index is 11.3. The predicted octanol–water partition coefficient (Wildman–Crippen LogP) is 10.2. The Hall–Kier alpha value is -0.530. The third-order valence-corrected chi connectivity index (χ3v) is 7.00. The number of rotatable bonds is 28. The van der Waals surface area contributed by atoms with E-state index in [1.165, 1.54) is 161 Å².